The number of fused-ring (bicyclic) bond motifs is 9. The Hall–Kier alpha value is -2.26. The van der Waals surface area contributed by atoms with E-state index in [1.807, 2.05) is 20.8 Å². The van der Waals surface area contributed by atoms with Gasteiger partial charge in [0.15, 0.2) is 18.3 Å². The van der Waals surface area contributed by atoms with Crippen LogP contribution in [-0.4, -0.2) is 91.1 Å². The number of methoxy groups -OCH3 is 1. The summed E-state index contributed by atoms with van der Waals surface area (Å²) in [5.41, 5.74) is 6.19. The Balaban J connectivity index is 0.00000432. The number of piperazine rings is 1. The number of phenolic OH excluding ortho intramolecular Hbond substituents is 1. The second kappa shape index (κ2) is 14.6. The molecule has 5 aliphatic rings. The molecule has 1 unspecified atom stereocenters. The number of thioether (sulfide) groups is 1. The van der Waals surface area contributed by atoms with Crippen molar-refractivity contribution >= 4 is 23.6 Å². The number of nitriles is 1. The number of aryl methyl sites for hydroxylation is 1. The third-order valence-electron chi connectivity index (χ3n) is 10.8. The van der Waals surface area contributed by atoms with Gasteiger partial charge in [-0.25, -0.2) is 4.79 Å². The summed E-state index contributed by atoms with van der Waals surface area (Å²) in [6.07, 6.45) is 0.896. The Morgan fingerprint density at radius 1 is 1.16 bits per heavy atom. The van der Waals surface area contributed by atoms with Crippen LogP contribution in [0.3, 0.4) is 0 Å². The molecular formula is C36H44AcN4O8S. The summed E-state index contributed by atoms with van der Waals surface area (Å²) in [5.74, 6) is 1.38. The third-order valence-corrected chi connectivity index (χ3v) is 12.2. The number of carbonyl (C=O) groups excluding carboxylic acids is 2. The first-order chi connectivity index (χ1) is 23.5. The van der Waals surface area contributed by atoms with E-state index in [4.69, 9.17) is 23.7 Å². The first kappa shape index (κ1) is 37.5. The van der Waals surface area contributed by atoms with E-state index in [0.29, 0.717) is 34.6 Å². The average Bonchev–Trinajstić information content (AvgIpc) is 3.55. The molecule has 5 aliphatic heterocycles. The van der Waals surface area contributed by atoms with E-state index < -0.39 is 29.3 Å². The first-order valence-electron chi connectivity index (χ1n) is 16.8. The number of ether oxygens (including phenoxy) is 5. The number of cyclic esters (lactones) is 1. The van der Waals surface area contributed by atoms with E-state index in [1.165, 1.54) is 11.8 Å². The van der Waals surface area contributed by atoms with Gasteiger partial charge in [-0.15, -0.1) is 11.8 Å². The Labute approximate surface area is 333 Å². The number of nitrogens with one attached hydrogen (secondary N) is 1. The van der Waals surface area contributed by atoms with Crippen LogP contribution in [0.25, 0.3) is 0 Å². The van der Waals surface area contributed by atoms with Gasteiger partial charge in [0.1, 0.15) is 30.2 Å². The number of hydrogen-bond donors (Lipinski definition) is 2. The number of phenols is 1. The first-order valence-corrected chi connectivity index (χ1v) is 17.9. The van der Waals surface area contributed by atoms with Crippen molar-refractivity contribution in [3.8, 4) is 29.1 Å². The van der Waals surface area contributed by atoms with Crippen LogP contribution in [-0.2, 0) is 25.5 Å². The van der Waals surface area contributed by atoms with Gasteiger partial charge in [-0.3, -0.25) is 14.6 Å². The van der Waals surface area contributed by atoms with Gasteiger partial charge in [-0.05, 0) is 56.8 Å². The molecule has 1 radical (unpaired) electrons. The van der Waals surface area contributed by atoms with Crippen molar-refractivity contribution in [3.05, 3.63) is 45.0 Å². The zero-order valence-electron chi connectivity index (χ0n) is 29.6. The van der Waals surface area contributed by atoms with E-state index in [9.17, 15) is 20.0 Å². The number of esters is 1. The molecule has 5 heterocycles. The molecule has 2 N–H and O–H groups in total. The van der Waals surface area contributed by atoms with E-state index in [2.05, 4.69) is 48.1 Å². The molecule has 12 nitrogen and oxygen atoms in total. The molecule has 0 saturated carbocycles. The van der Waals surface area contributed by atoms with Crippen molar-refractivity contribution in [1.82, 2.24) is 15.1 Å². The number of benzene rings is 2. The summed E-state index contributed by atoms with van der Waals surface area (Å²) >= 11 is 1.48. The molecular weight excluding hydrogens is 875 g/mol. The molecule has 2 saturated heterocycles. The van der Waals surface area contributed by atoms with E-state index in [1.54, 1.807) is 7.11 Å². The van der Waals surface area contributed by atoms with Crippen LogP contribution in [0, 0.1) is 82.1 Å². The van der Waals surface area contributed by atoms with Crippen molar-refractivity contribution in [3.63, 3.8) is 0 Å². The zero-order valence-corrected chi connectivity index (χ0v) is 35.1. The van der Waals surface area contributed by atoms with Gasteiger partial charge in [-0.2, -0.15) is 5.26 Å². The monoisotopic (exact) mass is 919 g/mol. The standard InChI is InChI=1S/C36H44N4O8S.Ac/c1-16(2)8-25(41)38-21-13-49-35-28-27(34-33(47-15-48-34)19(5)31(28)42)24(12-45-36(21)43)40-23(11-37)22-10-20-9-17(3)18(4)32(46-14-44-7)26(20)29(30(35)40)39(22)6;/h9,16,21-24,29-30,35,42H,8,10,12-15H2,1-7H3,(H,38,41);/t21-,22-,23-,24-,29+,30?,35+;/m0./s1. The quantitative estimate of drug-likeness (QED) is 0.318. The maximum Gasteiger partial charge on any atom is 0.329 e. The van der Waals surface area contributed by atoms with Gasteiger partial charge >= 0.3 is 5.97 Å². The van der Waals surface area contributed by atoms with Gasteiger partial charge in [0.25, 0.3) is 0 Å². The van der Waals surface area contributed by atoms with Crippen LogP contribution in [0.5, 0.6) is 23.0 Å². The number of amides is 1. The smallest absolute Gasteiger partial charge is 0.329 e. The van der Waals surface area contributed by atoms with Crippen LogP contribution in [0.15, 0.2) is 6.07 Å². The molecule has 4 bridgehead atoms. The van der Waals surface area contributed by atoms with Gasteiger partial charge < -0.3 is 34.1 Å². The number of aromatic hydroxyl groups is 1. The van der Waals surface area contributed by atoms with Crippen LogP contribution < -0.4 is 19.5 Å². The maximum atomic E-state index is 13.7. The minimum Gasteiger partial charge on any atom is -0.507 e. The summed E-state index contributed by atoms with van der Waals surface area (Å²) in [4.78, 5) is 31.1. The van der Waals surface area contributed by atoms with Gasteiger partial charge in [0.05, 0.1) is 23.4 Å². The van der Waals surface area contributed by atoms with E-state index in [-0.39, 0.29) is 112 Å². The second-order valence-electron chi connectivity index (χ2n) is 14.1. The fraction of sp³-hybridized carbons (Fsp3) is 0.583. The molecule has 0 spiro atoms. The predicted octanol–water partition coefficient (Wildman–Crippen LogP) is 4.12. The summed E-state index contributed by atoms with van der Waals surface area (Å²) in [5, 5.41) is 25.5. The fourth-order valence-corrected chi connectivity index (χ4v) is 10.1. The van der Waals surface area contributed by atoms with Gasteiger partial charge in [0, 0.05) is 97.7 Å². The van der Waals surface area contributed by atoms with Crippen LogP contribution in [0.2, 0.25) is 0 Å². The number of rotatable bonds is 6. The maximum absolute atomic E-state index is 13.7. The minimum absolute atomic E-state index is 0. The molecule has 1 amide bonds. The van der Waals surface area contributed by atoms with E-state index >= 15 is 0 Å². The molecule has 50 heavy (non-hydrogen) atoms. The Kier molecular flexibility index (Phi) is 11.0. The average molecular weight is 920 g/mol. The van der Waals surface area contributed by atoms with Crippen molar-refractivity contribution in [2.24, 2.45) is 5.92 Å². The van der Waals surface area contributed by atoms with Crippen molar-refractivity contribution in [2.75, 3.05) is 40.1 Å². The molecule has 7 rings (SSSR count). The van der Waals surface area contributed by atoms with Crippen molar-refractivity contribution in [2.45, 2.75) is 89.0 Å². The topological polar surface area (TPSA) is 143 Å². The van der Waals surface area contributed by atoms with Crippen LogP contribution >= 0.6 is 11.8 Å². The normalized spacial score (nSPS) is 28.1. The largest absolute Gasteiger partial charge is 0.507 e. The zero-order chi connectivity index (χ0) is 34.9. The number of hydrogen-bond acceptors (Lipinski definition) is 12. The molecule has 0 aliphatic carbocycles. The van der Waals surface area contributed by atoms with Gasteiger partial charge in [-0.1, -0.05) is 19.9 Å². The number of likely N-dealkylation sites (N-methyl/N-ethyl adjacent to an activating group) is 1. The third kappa shape index (κ3) is 5.98. The Morgan fingerprint density at radius 3 is 2.60 bits per heavy atom. The van der Waals surface area contributed by atoms with Crippen molar-refractivity contribution < 1.29 is 82.4 Å². The summed E-state index contributed by atoms with van der Waals surface area (Å²) in [7, 11) is 3.66. The van der Waals surface area contributed by atoms with E-state index in [0.717, 1.165) is 28.0 Å². The molecule has 2 fully saturated rings. The SMILES string of the molecule is COCOc1c(C)c(C)cc2c1[C@@H]1C3[C@@H]4SC[C@H](NC(=O)CC(C)C)C(=O)OC[C@@H](c5c6c(c(C)c(O)c54)OCO6)N3[C@@H](C#N)[C@H](C2)N1C.[Ac]. The van der Waals surface area contributed by atoms with Crippen LogP contribution in [0.1, 0.15) is 76.5 Å². The predicted molar refractivity (Wildman–Crippen MR) is 181 cm³/mol. The second-order valence-corrected chi connectivity index (χ2v) is 15.3. The molecule has 14 heteroatoms. The molecule has 2 aromatic rings. The summed E-state index contributed by atoms with van der Waals surface area (Å²) in [6.45, 7) is 9.80. The molecule has 265 valence electrons. The molecule has 7 atom stereocenters. The Bertz CT molecular complexity index is 1750. The molecule has 2 aromatic carbocycles. The van der Waals surface area contributed by atoms with Crippen LogP contribution in [0.4, 0.5) is 0 Å². The fourth-order valence-electron chi connectivity index (χ4n) is 8.58. The van der Waals surface area contributed by atoms with Gasteiger partial charge in [0.2, 0.25) is 12.7 Å². The summed E-state index contributed by atoms with van der Waals surface area (Å²) in [6, 6.07) is 1.89. The minimum atomic E-state index is -0.894. The molecule has 0 aromatic heterocycles. The number of nitrogens with zero attached hydrogens (tertiary/aromatic N) is 3. The number of carbonyl (C=O) groups is 2. The summed E-state index contributed by atoms with van der Waals surface area (Å²) < 4.78 is 29.8. The Morgan fingerprint density at radius 2 is 1.90 bits per heavy atom. The van der Waals surface area contributed by atoms with Crippen molar-refractivity contribution in [1.29, 1.82) is 5.26 Å².